The Kier molecular flexibility index (Phi) is 6.49. The van der Waals surface area contributed by atoms with Crippen molar-refractivity contribution in [1.82, 2.24) is 0 Å². The monoisotopic (exact) mass is 526 g/mol. The molecule has 0 fully saturated rings. The molecule has 0 bridgehead atoms. The summed E-state index contributed by atoms with van der Waals surface area (Å²) >= 11 is 7.08. The fraction of sp³-hybridized carbons (Fsp3) is 0.231. The Morgan fingerprint density at radius 3 is 1.07 bits per heavy atom. The van der Waals surface area contributed by atoms with Crippen LogP contribution in [0, 0.1) is 41.5 Å². The summed E-state index contributed by atoms with van der Waals surface area (Å²) in [4.78, 5) is 26.7. The maximum absolute atomic E-state index is 13.3. The SMILES string of the molecule is Cc1cc(C)c(C(=O)c2cc(Br)c(C(=O)c3c(C)cc(C)cc3C)cc2Br)c(C)c1. The molecule has 0 amide bonds. The number of aryl methyl sites for hydroxylation is 6. The molecule has 0 saturated carbocycles. The summed E-state index contributed by atoms with van der Waals surface area (Å²) in [5.74, 6) is -0.112. The van der Waals surface area contributed by atoms with E-state index in [2.05, 4.69) is 31.9 Å². The van der Waals surface area contributed by atoms with Crippen molar-refractivity contribution in [3.63, 3.8) is 0 Å². The van der Waals surface area contributed by atoms with Crippen LogP contribution in [0.5, 0.6) is 0 Å². The highest BCUT2D eigenvalue weighted by atomic mass is 79.9. The maximum atomic E-state index is 13.3. The summed E-state index contributed by atoms with van der Waals surface area (Å²) in [5, 5.41) is 0. The molecule has 0 radical (unpaired) electrons. The van der Waals surface area contributed by atoms with Gasteiger partial charge in [0.05, 0.1) is 0 Å². The van der Waals surface area contributed by atoms with Gasteiger partial charge in [-0.15, -0.1) is 0 Å². The first-order valence-electron chi connectivity index (χ1n) is 9.75. The molecule has 0 spiro atoms. The summed E-state index contributed by atoms with van der Waals surface area (Å²) in [6.45, 7) is 11.9. The van der Waals surface area contributed by atoms with E-state index in [4.69, 9.17) is 0 Å². The summed E-state index contributed by atoms with van der Waals surface area (Å²) in [7, 11) is 0. The first kappa shape index (κ1) is 22.6. The lowest BCUT2D eigenvalue weighted by atomic mass is 9.90. The van der Waals surface area contributed by atoms with Gasteiger partial charge in [0.1, 0.15) is 0 Å². The lowest BCUT2D eigenvalue weighted by molar-refractivity contribution is 0.102. The van der Waals surface area contributed by atoms with Gasteiger partial charge in [0.2, 0.25) is 0 Å². The number of rotatable bonds is 4. The lowest BCUT2D eigenvalue weighted by Crippen LogP contribution is -2.11. The number of ketones is 2. The van der Waals surface area contributed by atoms with Crippen molar-refractivity contribution in [2.45, 2.75) is 41.5 Å². The number of carbonyl (C=O) groups is 2. The predicted molar refractivity (Wildman–Crippen MR) is 130 cm³/mol. The number of benzene rings is 3. The molecule has 30 heavy (non-hydrogen) atoms. The molecular weight excluding hydrogens is 504 g/mol. The van der Waals surface area contributed by atoms with Gasteiger partial charge in [0.15, 0.2) is 11.6 Å². The zero-order valence-electron chi connectivity index (χ0n) is 18.0. The molecule has 0 aliphatic rings. The summed E-state index contributed by atoms with van der Waals surface area (Å²) in [6.07, 6.45) is 0. The molecule has 0 saturated heterocycles. The highest BCUT2D eigenvalue weighted by Crippen LogP contribution is 2.32. The van der Waals surface area contributed by atoms with Crippen molar-refractivity contribution < 1.29 is 9.59 Å². The second kappa shape index (κ2) is 8.60. The number of halogens is 2. The number of hydrogen-bond acceptors (Lipinski definition) is 2. The smallest absolute Gasteiger partial charge is 0.194 e. The van der Waals surface area contributed by atoms with Crippen molar-refractivity contribution in [3.8, 4) is 0 Å². The third-order valence-electron chi connectivity index (χ3n) is 5.35. The fourth-order valence-corrected chi connectivity index (χ4v) is 5.29. The Bertz CT molecular complexity index is 1060. The maximum Gasteiger partial charge on any atom is 0.194 e. The van der Waals surface area contributed by atoms with E-state index in [1.54, 1.807) is 12.1 Å². The third kappa shape index (κ3) is 4.21. The summed E-state index contributed by atoms with van der Waals surface area (Å²) < 4.78 is 1.22. The Balaban J connectivity index is 2.09. The molecule has 154 valence electrons. The van der Waals surface area contributed by atoms with E-state index in [0.717, 1.165) is 33.4 Å². The first-order chi connectivity index (χ1) is 14.0. The molecule has 0 aliphatic carbocycles. The second-order valence-corrected chi connectivity index (χ2v) is 9.73. The quantitative estimate of drug-likeness (QED) is 0.329. The average molecular weight is 528 g/mol. The Hall–Kier alpha value is -2.04. The van der Waals surface area contributed by atoms with Gasteiger partial charge in [0, 0.05) is 31.2 Å². The summed E-state index contributed by atoms with van der Waals surface area (Å²) in [6, 6.07) is 11.6. The van der Waals surface area contributed by atoms with E-state index < -0.39 is 0 Å². The van der Waals surface area contributed by atoms with E-state index in [9.17, 15) is 9.59 Å². The normalized spacial score (nSPS) is 10.9. The standard InChI is InChI=1S/C26H24Br2O2/c1-13-7-15(3)23(16(4)8-13)25(29)19-11-22(28)20(12-21(19)27)26(30)24-17(5)9-14(2)10-18(24)6/h7-12H,1-6H3. The van der Waals surface area contributed by atoms with Crippen LogP contribution in [0.1, 0.15) is 65.2 Å². The van der Waals surface area contributed by atoms with Crippen molar-refractivity contribution in [2.24, 2.45) is 0 Å². The van der Waals surface area contributed by atoms with Crippen LogP contribution in [0.2, 0.25) is 0 Å². The minimum atomic E-state index is -0.0562. The fourth-order valence-electron chi connectivity index (χ4n) is 4.24. The van der Waals surface area contributed by atoms with E-state index in [1.807, 2.05) is 65.8 Å². The van der Waals surface area contributed by atoms with Gasteiger partial charge in [-0.05, 0) is 75.9 Å². The van der Waals surface area contributed by atoms with Crippen LogP contribution in [0.3, 0.4) is 0 Å². The molecule has 0 N–H and O–H groups in total. The Morgan fingerprint density at radius 1 is 0.533 bits per heavy atom. The van der Waals surface area contributed by atoms with E-state index in [1.165, 1.54) is 0 Å². The average Bonchev–Trinajstić information content (AvgIpc) is 2.61. The third-order valence-corrected chi connectivity index (χ3v) is 6.67. The molecule has 4 heteroatoms. The van der Waals surface area contributed by atoms with Crippen LogP contribution in [-0.2, 0) is 0 Å². The van der Waals surface area contributed by atoms with Crippen LogP contribution < -0.4 is 0 Å². The zero-order chi connectivity index (χ0) is 22.3. The Labute approximate surface area is 195 Å². The molecule has 0 atom stereocenters. The van der Waals surface area contributed by atoms with Crippen LogP contribution in [0.4, 0.5) is 0 Å². The van der Waals surface area contributed by atoms with Gasteiger partial charge in [-0.3, -0.25) is 9.59 Å². The van der Waals surface area contributed by atoms with Crippen LogP contribution >= 0.6 is 31.9 Å². The van der Waals surface area contributed by atoms with Crippen molar-refractivity contribution in [2.75, 3.05) is 0 Å². The topological polar surface area (TPSA) is 34.1 Å². The molecule has 3 rings (SSSR count). The van der Waals surface area contributed by atoms with Crippen molar-refractivity contribution in [3.05, 3.63) is 101 Å². The van der Waals surface area contributed by atoms with E-state index >= 15 is 0 Å². The van der Waals surface area contributed by atoms with Crippen LogP contribution in [0.15, 0.2) is 45.3 Å². The van der Waals surface area contributed by atoms with E-state index in [-0.39, 0.29) is 11.6 Å². The van der Waals surface area contributed by atoms with Crippen LogP contribution in [-0.4, -0.2) is 11.6 Å². The molecular formula is C26H24Br2O2. The highest BCUT2D eigenvalue weighted by molar-refractivity contribution is 9.11. The molecule has 2 nitrogen and oxygen atoms in total. The van der Waals surface area contributed by atoms with Gasteiger partial charge < -0.3 is 0 Å². The van der Waals surface area contributed by atoms with Gasteiger partial charge in [0.25, 0.3) is 0 Å². The molecule has 3 aromatic carbocycles. The van der Waals surface area contributed by atoms with Crippen molar-refractivity contribution >= 4 is 43.4 Å². The molecule has 0 heterocycles. The number of hydrogen-bond donors (Lipinski definition) is 0. The second-order valence-electron chi connectivity index (χ2n) is 8.02. The van der Waals surface area contributed by atoms with Gasteiger partial charge >= 0.3 is 0 Å². The van der Waals surface area contributed by atoms with Gasteiger partial charge in [-0.2, -0.15) is 0 Å². The zero-order valence-corrected chi connectivity index (χ0v) is 21.2. The van der Waals surface area contributed by atoms with Crippen molar-refractivity contribution in [1.29, 1.82) is 0 Å². The predicted octanol–water partition coefficient (Wildman–Crippen LogP) is 7.52. The highest BCUT2D eigenvalue weighted by Gasteiger charge is 2.23. The summed E-state index contributed by atoms with van der Waals surface area (Å²) in [5.41, 5.74) is 8.54. The van der Waals surface area contributed by atoms with E-state index in [0.29, 0.717) is 31.2 Å². The largest absolute Gasteiger partial charge is 0.289 e. The lowest BCUT2D eigenvalue weighted by Gasteiger charge is -2.15. The molecule has 0 aliphatic heterocycles. The van der Waals surface area contributed by atoms with Gasteiger partial charge in [-0.1, -0.05) is 67.3 Å². The minimum Gasteiger partial charge on any atom is -0.289 e. The molecule has 0 unspecified atom stereocenters. The first-order valence-corrected chi connectivity index (χ1v) is 11.3. The molecule has 3 aromatic rings. The Morgan fingerprint density at radius 2 is 0.800 bits per heavy atom. The van der Waals surface area contributed by atoms with Gasteiger partial charge in [-0.25, -0.2) is 0 Å². The van der Waals surface area contributed by atoms with Crippen LogP contribution in [0.25, 0.3) is 0 Å². The number of carbonyl (C=O) groups excluding carboxylic acids is 2. The molecule has 0 aromatic heterocycles. The minimum absolute atomic E-state index is 0.0562.